The molecule has 2 aromatic rings. The van der Waals surface area contributed by atoms with Gasteiger partial charge in [-0.2, -0.15) is 13.2 Å². The molecule has 0 amide bonds. The van der Waals surface area contributed by atoms with Crippen LogP contribution in [0.2, 0.25) is 0 Å². The van der Waals surface area contributed by atoms with E-state index >= 15 is 0 Å². The second kappa shape index (κ2) is 7.36. The molecule has 0 spiro atoms. The Bertz CT molecular complexity index is 907. The number of anilines is 1. The molecule has 0 saturated carbocycles. The molecule has 140 valence electrons. The highest BCUT2D eigenvalue weighted by Crippen LogP contribution is 2.36. The molecule has 0 aromatic heterocycles. The first-order valence-corrected chi connectivity index (χ1v) is 9.20. The van der Waals surface area contributed by atoms with E-state index in [1.165, 1.54) is 31.2 Å². The van der Waals surface area contributed by atoms with Crippen LogP contribution in [0.15, 0.2) is 47.4 Å². The van der Waals surface area contributed by atoms with Gasteiger partial charge in [-0.15, -0.1) is 0 Å². The minimum atomic E-state index is -4.56. The lowest BCUT2D eigenvalue weighted by Gasteiger charge is -2.15. The molecule has 2 aromatic carbocycles. The highest BCUT2D eigenvalue weighted by molar-refractivity contribution is 7.91. The first-order chi connectivity index (χ1) is 12.0. The zero-order valence-electron chi connectivity index (χ0n) is 13.7. The molecular weight excluding hydrogens is 371 g/mol. The maximum atomic E-state index is 13.0. The van der Waals surface area contributed by atoms with Crippen LogP contribution in [0.5, 0.6) is 0 Å². The molecule has 0 bridgehead atoms. The predicted octanol–water partition coefficient (Wildman–Crippen LogP) is 3.66. The van der Waals surface area contributed by atoms with Crippen molar-refractivity contribution in [1.82, 2.24) is 0 Å². The van der Waals surface area contributed by atoms with E-state index in [0.29, 0.717) is 5.56 Å². The maximum Gasteiger partial charge on any atom is 0.416 e. The third kappa shape index (κ3) is 4.54. The number of hydrogen-bond acceptors (Lipinski definition) is 4. The van der Waals surface area contributed by atoms with Crippen LogP contribution in [0.1, 0.15) is 12.5 Å². The van der Waals surface area contributed by atoms with E-state index in [1.807, 2.05) is 0 Å². The van der Waals surface area contributed by atoms with Gasteiger partial charge in [-0.05, 0) is 35.9 Å². The summed E-state index contributed by atoms with van der Waals surface area (Å²) < 4.78 is 62.7. The number of sulfone groups is 1. The maximum absolute atomic E-state index is 13.0. The van der Waals surface area contributed by atoms with E-state index in [9.17, 15) is 26.4 Å². The van der Waals surface area contributed by atoms with Crippen LogP contribution in [-0.4, -0.2) is 31.8 Å². The number of nitrogens with one attached hydrogen (secondary N) is 1. The van der Waals surface area contributed by atoms with Gasteiger partial charge >= 0.3 is 12.1 Å². The molecule has 0 aliphatic carbocycles. The van der Waals surface area contributed by atoms with E-state index < -0.39 is 34.1 Å². The molecule has 9 heteroatoms. The Hall–Kier alpha value is -2.55. The summed E-state index contributed by atoms with van der Waals surface area (Å²) in [7, 11) is -3.43. The Kier molecular flexibility index (Phi) is 5.60. The Labute approximate surface area is 148 Å². The molecule has 0 aliphatic rings. The summed E-state index contributed by atoms with van der Waals surface area (Å²) >= 11 is 0. The van der Waals surface area contributed by atoms with Crippen LogP contribution in [0.4, 0.5) is 18.9 Å². The monoisotopic (exact) mass is 387 g/mol. The molecule has 2 N–H and O–H groups in total. The lowest BCUT2D eigenvalue weighted by atomic mass is 10.0. The molecule has 0 radical (unpaired) electrons. The molecule has 2 rings (SSSR count). The first-order valence-electron chi connectivity index (χ1n) is 7.54. The Morgan fingerprint density at radius 1 is 1.12 bits per heavy atom. The normalized spacial score (nSPS) is 12.0. The van der Waals surface area contributed by atoms with Crippen LogP contribution >= 0.6 is 0 Å². The Morgan fingerprint density at radius 3 is 2.23 bits per heavy atom. The van der Waals surface area contributed by atoms with Crippen LogP contribution in [0.3, 0.4) is 0 Å². The first kappa shape index (κ1) is 19.8. The van der Waals surface area contributed by atoms with Gasteiger partial charge in [0.15, 0.2) is 9.84 Å². The van der Waals surface area contributed by atoms with Crippen molar-refractivity contribution in [1.29, 1.82) is 0 Å². The molecule has 26 heavy (non-hydrogen) atoms. The molecular formula is C17H16F3NO4S. The molecule has 0 fully saturated rings. The Balaban J connectivity index is 2.52. The Morgan fingerprint density at radius 2 is 1.73 bits per heavy atom. The zero-order chi connectivity index (χ0) is 19.5. The highest BCUT2D eigenvalue weighted by atomic mass is 32.2. The van der Waals surface area contributed by atoms with Gasteiger partial charge < -0.3 is 10.4 Å². The van der Waals surface area contributed by atoms with E-state index in [0.717, 1.165) is 18.2 Å². The van der Waals surface area contributed by atoms with Crippen molar-refractivity contribution in [3.05, 3.63) is 48.0 Å². The standard InChI is InChI=1S/C17H16F3NO4S/c1-2-26(24,25)13-6-3-11(4-7-13)14-9-12(17(18,19)20)5-8-15(14)21-10-16(22)23/h3-9,21H,2,10H2,1H3,(H,22,23). The number of benzene rings is 2. The number of alkyl halides is 3. The van der Waals surface area contributed by atoms with E-state index in [2.05, 4.69) is 5.32 Å². The number of aliphatic carboxylic acids is 1. The van der Waals surface area contributed by atoms with E-state index in [4.69, 9.17) is 5.11 Å². The number of hydrogen-bond donors (Lipinski definition) is 2. The summed E-state index contributed by atoms with van der Waals surface area (Å²) in [4.78, 5) is 10.8. The minimum Gasteiger partial charge on any atom is -0.480 e. The van der Waals surface area contributed by atoms with Crippen molar-refractivity contribution in [3.8, 4) is 11.1 Å². The SMILES string of the molecule is CCS(=O)(=O)c1ccc(-c2cc(C(F)(F)F)ccc2NCC(=O)O)cc1. The van der Waals surface area contributed by atoms with Crippen LogP contribution in [0, 0.1) is 0 Å². The number of carboxylic acids is 1. The van der Waals surface area contributed by atoms with Crippen molar-refractivity contribution in [2.24, 2.45) is 0 Å². The van der Waals surface area contributed by atoms with Gasteiger partial charge in [0.25, 0.3) is 0 Å². The number of carboxylic acid groups (broad SMARTS) is 1. The zero-order valence-corrected chi connectivity index (χ0v) is 14.5. The molecule has 0 aliphatic heterocycles. The second-order valence-corrected chi connectivity index (χ2v) is 7.71. The highest BCUT2D eigenvalue weighted by Gasteiger charge is 2.31. The average molecular weight is 387 g/mol. The summed E-state index contributed by atoms with van der Waals surface area (Å²) in [6.07, 6.45) is -4.56. The molecule has 0 unspecified atom stereocenters. The van der Waals surface area contributed by atoms with Gasteiger partial charge in [-0.3, -0.25) is 4.79 Å². The summed E-state index contributed by atoms with van der Waals surface area (Å²) in [5.74, 6) is -1.26. The van der Waals surface area contributed by atoms with Crippen molar-refractivity contribution in [2.45, 2.75) is 18.0 Å². The second-order valence-electron chi connectivity index (χ2n) is 5.43. The fourth-order valence-electron chi connectivity index (χ4n) is 2.29. The third-order valence-electron chi connectivity index (χ3n) is 3.68. The number of halogens is 3. The summed E-state index contributed by atoms with van der Waals surface area (Å²) in [5, 5.41) is 11.3. The van der Waals surface area contributed by atoms with Crippen LogP contribution in [-0.2, 0) is 20.8 Å². The minimum absolute atomic E-state index is 0.0655. The van der Waals surface area contributed by atoms with Crippen LogP contribution in [0.25, 0.3) is 11.1 Å². The third-order valence-corrected chi connectivity index (χ3v) is 5.43. The van der Waals surface area contributed by atoms with E-state index in [-0.39, 0.29) is 21.9 Å². The van der Waals surface area contributed by atoms with Gasteiger partial charge in [0.2, 0.25) is 0 Å². The summed E-state index contributed by atoms with van der Waals surface area (Å²) in [6.45, 7) is 1.02. The fourth-order valence-corrected chi connectivity index (χ4v) is 3.18. The molecule has 0 saturated heterocycles. The number of carbonyl (C=O) groups is 1. The van der Waals surface area contributed by atoms with Gasteiger partial charge in [-0.25, -0.2) is 8.42 Å². The van der Waals surface area contributed by atoms with Crippen LogP contribution < -0.4 is 5.32 Å². The van der Waals surface area contributed by atoms with Crippen molar-refractivity contribution >= 4 is 21.5 Å². The average Bonchev–Trinajstić information content (AvgIpc) is 2.59. The smallest absolute Gasteiger partial charge is 0.416 e. The van der Waals surface area contributed by atoms with Crippen molar-refractivity contribution in [3.63, 3.8) is 0 Å². The molecule has 5 nitrogen and oxygen atoms in total. The van der Waals surface area contributed by atoms with Crippen molar-refractivity contribution < 1.29 is 31.5 Å². The molecule has 0 atom stereocenters. The largest absolute Gasteiger partial charge is 0.480 e. The van der Waals surface area contributed by atoms with Gasteiger partial charge in [0.1, 0.15) is 6.54 Å². The molecule has 0 heterocycles. The number of rotatable bonds is 6. The summed E-state index contributed by atoms with van der Waals surface area (Å²) in [5.41, 5.74) is -0.231. The quantitative estimate of drug-likeness (QED) is 0.790. The topological polar surface area (TPSA) is 83.5 Å². The van der Waals surface area contributed by atoms with Crippen molar-refractivity contribution in [2.75, 3.05) is 17.6 Å². The summed E-state index contributed by atoms with van der Waals surface area (Å²) in [6, 6.07) is 8.31. The fraction of sp³-hybridized carbons (Fsp3) is 0.235. The van der Waals surface area contributed by atoms with Gasteiger partial charge in [0.05, 0.1) is 16.2 Å². The predicted molar refractivity (Wildman–Crippen MR) is 90.7 cm³/mol. The van der Waals surface area contributed by atoms with E-state index in [1.54, 1.807) is 0 Å². The lowest BCUT2D eigenvalue weighted by molar-refractivity contribution is -0.137. The lowest BCUT2D eigenvalue weighted by Crippen LogP contribution is -2.13. The van der Waals surface area contributed by atoms with Gasteiger partial charge in [0, 0.05) is 11.3 Å². The van der Waals surface area contributed by atoms with Gasteiger partial charge in [-0.1, -0.05) is 19.1 Å².